The maximum atomic E-state index is 12.7. The molecule has 0 aliphatic rings. The van der Waals surface area contributed by atoms with Gasteiger partial charge in [0.1, 0.15) is 10.8 Å². The fourth-order valence-electron chi connectivity index (χ4n) is 1.96. The van der Waals surface area contributed by atoms with Gasteiger partial charge in [-0.1, -0.05) is 0 Å². The molecule has 21 heavy (non-hydrogen) atoms. The van der Waals surface area contributed by atoms with Gasteiger partial charge in [-0.15, -0.1) is 11.3 Å². The summed E-state index contributed by atoms with van der Waals surface area (Å²) in [6.07, 6.45) is -4.33. The van der Waals surface area contributed by atoms with Crippen molar-refractivity contribution >= 4 is 21.6 Å². The van der Waals surface area contributed by atoms with Gasteiger partial charge in [0.05, 0.1) is 22.9 Å². The Bertz CT molecular complexity index is 778. The van der Waals surface area contributed by atoms with E-state index in [-0.39, 0.29) is 0 Å². The molecule has 2 nitrogen and oxygen atoms in total. The zero-order valence-electron chi connectivity index (χ0n) is 10.9. The minimum absolute atomic E-state index is 0.524. The molecule has 3 rings (SSSR count). The average Bonchev–Trinajstić information content (AvgIpc) is 2.89. The van der Waals surface area contributed by atoms with Crippen LogP contribution in [0.2, 0.25) is 0 Å². The highest BCUT2D eigenvalue weighted by Crippen LogP contribution is 2.35. The summed E-state index contributed by atoms with van der Waals surface area (Å²) in [6, 6.07) is 10.9. The van der Waals surface area contributed by atoms with Crippen LogP contribution in [0.15, 0.2) is 42.5 Å². The Kier molecular flexibility index (Phi) is 3.33. The number of alkyl halides is 3. The topological polar surface area (TPSA) is 22.1 Å². The molecule has 0 unspecified atom stereocenters. The Morgan fingerprint density at radius 1 is 1.05 bits per heavy atom. The summed E-state index contributed by atoms with van der Waals surface area (Å²) >= 11 is 1.24. The molecule has 108 valence electrons. The van der Waals surface area contributed by atoms with E-state index in [1.165, 1.54) is 17.4 Å². The molecule has 0 saturated heterocycles. The normalized spacial score (nSPS) is 11.8. The smallest absolute Gasteiger partial charge is 0.416 e. The van der Waals surface area contributed by atoms with Crippen LogP contribution in [0, 0.1) is 0 Å². The summed E-state index contributed by atoms with van der Waals surface area (Å²) < 4.78 is 43.7. The van der Waals surface area contributed by atoms with Crippen LogP contribution in [0.25, 0.3) is 20.8 Å². The first-order valence-corrected chi connectivity index (χ1v) is 6.91. The Morgan fingerprint density at radius 3 is 2.38 bits per heavy atom. The summed E-state index contributed by atoms with van der Waals surface area (Å²) in [7, 11) is 1.57. The third-order valence-electron chi connectivity index (χ3n) is 3.05. The van der Waals surface area contributed by atoms with Gasteiger partial charge in [-0.25, -0.2) is 4.98 Å². The third-order valence-corrected chi connectivity index (χ3v) is 4.12. The molecule has 0 bridgehead atoms. The first kappa shape index (κ1) is 13.9. The van der Waals surface area contributed by atoms with Crippen LogP contribution in [0.5, 0.6) is 5.75 Å². The van der Waals surface area contributed by atoms with E-state index in [2.05, 4.69) is 4.98 Å². The second kappa shape index (κ2) is 5.04. The molecule has 0 atom stereocenters. The van der Waals surface area contributed by atoms with Gasteiger partial charge in [-0.3, -0.25) is 0 Å². The summed E-state index contributed by atoms with van der Waals surface area (Å²) in [5.41, 5.74) is 0.768. The highest BCUT2D eigenvalue weighted by atomic mass is 32.1. The quantitative estimate of drug-likeness (QED) is 0.665. The van der Waals surface area contributed by atoms with E-state index in [1.807, 2.05) is 12.1 Å². The van der Waals surface area contributed by atoms with Crippen molar-refractivity contribution in [1.29, 1.82) is 0 Å². The highest BCUT2D eigenvalue weighted by molar-refractivity contribution is 7.21. The fraction of sp³-hybridized carbons (Fsp3) is 0.133. The minimum Gasteiger partial charge on any atom is -0.497 e. The zero-order valence-corrected chi connectivity index (χ0v) is 11.8. The van der Waals surface area contributed by atoms with Crippen molar-refractivity contribution in [3.8, 4) is 16.3 Å². The number of rotatable bonds is 2. The molecule has 0 spiro atoms. The fourth-order valence-corrected chi connectivity index (χ4v) is 2.97. The van der Waals surface area contributed by atoms with Crippen molar-refractivity contribution < 1.29 is 17.9 Å². The number of hydrogen-bond donors (Lipinski definition) is 0. The molecular weight excluding hydrogens is 299 g/mol. The number of thiazole rings is 1. The number of aromatic nitrogens is 1. The monoisotopic (exact) mass is 309 g/mol. The van der Waals surface area contributed by atoms with E-state index in [0.717, 1.165) is 23.4 Å². The lowest BCUT2D eigenvalue weighted by Gasteiger charge is -2.04. The number of benzene rings is 2. The standard InChI is InChI=1S/C15H10F3NOS/c1-20-11-5-2-9(3-6-11)14-19-12-7-4-10(15(16,17)18)8-13(12)21-14/h2-8H,1H3. The predicted molar refractivity (Wildman–Crippen MR) is 76.6 cm³/mol. The zero-order chi connectivity index (χ0) is 15.0. The van der Waals surface area contributed by atoms with E-state index in [4.69, 9.17) is 4.74 Å². The molecule has 0 aliphatic carbocycles. The van der Waals surface area contributed by atoms with Crippen LogP contribution in [0.4, 0.5) is 13.2 Å². The van der Waals surface area contributed by atoms with Gasteiger partial charge in [-0.2, -0.15) is 13.2 Å². The highest BCUT2D eigenvalue weighted by Gasteiger charge is 2.30. The van der Waals surface area contributed by atoms with Crippen molar-refractivity contribution in [2.24, 2.45) is 0 Å². The summed E-state index contributed by atoms with van der Waals surface area (Å²) in [5.74, 6) is 0.721. The van der Waals surface area contributed by atoms with E-state index in [0.29, 0.717) is 15.2 Å². The largest absolute Gasteiger partial charge is 0.497 e. The molecule has 6 heteroatoms. The van der Waals surface area contributed by atoms with Crippen LogP contribution < -0.4 is 4.74 Å². The van der Waals surface area contributed by atoms with Gasteiger partial charge < -0.3 is 4.74 Å². The molecule has 1 heterocycles. The Morgan fingerprint density at radius 2 is 1.76 bits per heavy atom. The van der Waals surface area contributed by atoms with Crippen LogP contribution in [-0.4, -0.2) is 12.1 Å². The molecule has 0 amide bonds. The van der Waals surface area contributed by atoms with Crippen molar-refractivity contribution in [2.75, 3.05) is 7.11 Å². The molecular formula is C15H10F3NOS. The molecule has 2 aromatic carbocycles. The van der Waals surface area contributed by atoms with Crippen LogP contribution >= 0.6 is 11.3 Å². The summed E-state index contributed by atoms with van der Waals surface area (Å²) in [6.45, 7) is 0. The number of halogens is 3. The van der Waals surface area contributed by atoms with Gasteiger partial charge in [-0.05, 0) is 42.5 Å². The van der Waals surface area contributed by atoms with Crippen LogP contribution in [0.3, 0.4) is 0 Å². The first-order chi connectivity index (χ1) is 9.97. The Balaban J connectivity index is 2.04. The lowest BCUT2D eigenvalue weighted by Crippen LogP contribution is -2.03. The van der Waals surface area contributed by atoms with Gasteiger partial charge in [0, 0.05) is 5.56 Å². The van der Waals surface area contributed by atoms with E-state index < -0.39 is 11.7 Å². The molecule has 0 saturated carbocycles. The van der Waals surface area contributed by atoms with Crippen LogP contribution in [0.1, 0.15) is 5.56 Å². The van der Waals surface area contributed by atoms with Crippen molar-refractivity contribution in [3.63, 3.8) is 0 Å². The second-order valence-corrected chi connectivity index (χ2v) is 5.46. The van der Waals surface area contributed by atoms with Crippen molar-refractivity contribution in [2.45, 2.75) is 6.18 Å². The first-order valence-electron chi connectivity index (χ1n) is 6.09. The van der Waals surface area contributed by atoms with Crippen molar-refractivity contribution in [1.82, 2.24) is 4.98 Å². The maximum absolute atomic E-state index is 12.7. The molecule has 0 fully saturated rings. The summed E-state index contributed by atoms with van der Waals surface area (Å²) in [4.78, 5) is 4.37. The van der Waals surface area contributed by atoms with Gasteiger partial charge in [0.15, 0.2) is 0 Å². The van der Waals surface area contributed by atoms with E-state index in [9.17, 15) is 13.2 Å². The lowest BCUT2D eigenvalue weighted by molar-refractivity contribution is -0.137. The Labute approximate surface area is 122 Å². The van der Waals surface area contributed by atoms with Crippen molar-refractivity contribution in [3.05, 3.63) is 48.0 Å². The van der Waals surface area contributed by atoms with E-state index in [1.54, 1.807) is 19.2 Å². The third kappa shape index (κ3) is 2.71. The lowest BCUT2D eigenvalue weighted by atomic mass is 10.2. The van der Waals surface area contributed by atoms with Gasteiger partial charge >= 0.3 is 6.18 Å². The molecule has 3 aromatic rings. The molecule has 0 aliphatic heterocycles. The minimum atomic E-state index is -4.33. The number of hydrogen-bond acceptors (Lipinski definition) is 3. The Hall–Kier alpha value is -2.08. The molecule has 0 N–H and O–H groups in total. The number of ether oxygens (including phenoxy) is 1. The molecule has 1 aromatic heterocycles. The second-order valence-electron chi connectivity index (χ2n) is 4.43. The number of nitrogens with zero attached hydrogens (tertiary/aromatic N) is 1. The number of methoxy groups -OCH3 is 1. The SMILES string of the molecule is COc1ccc(-c2nc3ccc(C(F)(F)F)cc3s2)cc1. The predicted octanol–water partition coefficient (Wildman–Crippen LogP) is 4.99. The molecule has 0 radical (unpaired) electrons. The van der Waals surface area contributed by atoms with Gasteiger partial charge in [0.2, 0.25) is 0 Å². The van der Waals surface area contributed by atoms with E-state index >= 15 is 0 Å². The number of fused-ring (bicyclic) bond motifs is 1. The summed E-state index contributed by atoms with van der Waals surface area (Å²) in [5, 5.41) is 0.687. The van der Waals surface area contributed by atoms with Gasteiger partial charge in [0.25, 0.3) is 0 Å². The average molecular weight is 309 g/mol. The van der Waals surface area contributed by atoms with Crippen LogP contribution in [-0.2, 0) is 6.18 Å². The maximum Gasteiger partial charge on any atom is 0.416 e.